The SMILES string of the molecule is CCC=CN(C=CCCCCCC)C=CCCCCCCCCCC. The van der Waals surface area contributed by atoms with Gasteiger partial charge in [-0.05, 0) is 32.1 Å². The van der Waals surface area contributed by atoms with Crippen LogP contribution in [0.15, 0.2) is 36.8 Å². The molecule has 0 aliphatic heterocycles. The highest BCUT2D eigenvalue weighted by Crippen LogP contribution is 2.10. The van der Waals surface area contributed by atoms with E-state index in [9.17, 15) is 0 Å². The average molecular weight is 348 g/mol. The summed E-state index contributed by atoms with van der Waals surface area (Å²) in [4.78, 5) is 2.22. The maximum absolute atomic E-state index is 2.33. The predicted octanol–water partition coefficient (Wildman–Crippen LogP) is 8.74. The van der Waals surface area contributed by atoms with Gasteiger partial charge < -0.3 is 4.90 Å². The Bertz CT molecular complexity index is 327. The normalized spacial score (nSPS) is 12.1. The van der Waals surface area contributed by atoms with Gasteiger partial charge in [-0.25, -0.2) is 0 Å². The summed E-state index contributed by atoms with van der Waals surface area (Å²) in [7, 11) is 0. The number of unbranched alkanes of at least 4 members (excludes halogenated alkanes) is 12. The van der Waals surface area contributed by atoms with E-state index in [-0.39, 0.29) is 0 Å². The Labute approximate surface area is 159 Å². The second kappa shape index (κ2) is 21.1. The van der Waals surface area contributed by atoms with Crippen molar-refractivity contribution in [3.05, 3.63) is 36.8 Å². The highest BCUT2D eigenvalue weighted by molar-refractivity contribution is 4.99. The lowest BCUT2D eigenvalue weighted by atomic mass is 10.1. The smallest absolute Gasteiger partial charge is 0.00417 e. The Kier molecular flexibility index (Phi) is 20.2. The molecule has 0 N–H and O–H groups in total. The minimum atomic E-state index is 1.09. The van der Waals surface area contributed by atoms with E-state index in [4.69, 9.17) is 0 Å². The molecule has 25 heavy (non-hydrogen) atoms. The van der Waals surface area contributed by atoms with Crippen molar-refractivity contribution in [2.45, 2.75) is 117 Å². The lowest BCUT2D eigenvalue weighted by Gasteiger charge is -2.09. The largest absolute Gasteiger partial charge is 0.332 e. The van der Waals surface area contributed by atoms with Gasteiger partial charge in [0.15, 0.2) is 0 Å². The topological polar surface area (TPSA) is 3.24 Å². The predicted molar refractivity (Wildman–Crippen MR) is 116 cm³/mol. The third kappa shape index (κ3) is 19.2. The molecule has 1 heteroatoms. The molecule has 0 saturated heterocycles. The Morgan fingerprint density at radius 3 is 1.36 bits per heavy atom. The van der Waals surface area contributed by atoms with Gasteiger partial charge in [-0.1, -0.05) is 103 Å². The molecule has 0 aromatic heterocycles. The van der Waals surface area contributed by atoms with E-state index in [0.29, 0.717) is 0 Å². The van der Waals surface area contributed by atoms with Crippen molar-refractivity contribution in [2.24, 2.45) is 0 Å². The first-order chi connectivity index (χ1) is 12.3. The van der Waals surface area contributed by atoms with Crippen LogP contribution in [0.3, 0.4) is 0 Å². The van der Waals surface area contributed by atoms with Crippen LogP contribution in [-0.4, -0.2) is 4.90 Å². The van der Waals surface area contributed by atoms with Crippen molar-refractivity contribution in [3.63, 3.8) is 0 Å². The van der Waals surface area contributed by atoms with Crippen molar-refractivity contribution in [3.8, 4) is 0 Å². The standard InChI is InChI=1S/C24H45N/c1-4-7-10-12-14-15-16-17-19-21-24-25(22-9-6-3)23-20-18-13-11-8-5-2/h9,20-24H,4-8,10-19H2,1-3H3. The van der Waals surface area contributed by atoms with Gasteiger partial charge in [0.1, 0.15) is 0 Å². The molecule has 0 aromatic rings. The average Bonchev–Trinajstić information content (AvgIpc) is 2.63. The zero-order valence-corrected chi connectivity index (χ0v) is 17.5. The molecule has 0 bridgehead atoms. The molecule has 146 valence electrons. The lowest BCUT2D eigenvalue weighted by molar-refractivity contribution is 0.576. The summed E-state index contributed by atoms with van der Waals surface area (Å²) in [6.07, 6.45) is 33.5. The highest BCUT2D eigenvalue weighted by atomic mass is 15.1. The Hall–Kier alpha value is -0.980. The third-order valence-corrected chi connectivity index (χ3v) is 4.52. The van der Waals surface area contributed by atoms with Crippen LogP contribution >= 0.6 is 0 Å². The fourth-order valence-electron chi connectivity index (χ4n) is 2.85. The molecule has 0 spiro atoms. The molecule has 0 aliphatic rings. The Morgan fingerprint density at radius 1 is 0.480 bits per heavy atom. The highest BCUT2D eigenvalue weighted by Gasteiger charge is 1.92. The first-order valence-electron chi connectivity index (χ1n) is 11.1. The van der Waals surface area contributed by atoms with Gasteiger partial charge in [-0.2, -0.15) is 0 Å². The van der Waals surface area contributed by atoms with E-state index in [1.807, 2.05) is 0 Å². The lowest BCUT2D eigenvalue weighted by Crippen LogP contribution is -1.98. The Morgan fingerprint density at radius 2 is 0.880 bits per heavy atom. The summed E-state index contributed by atoms with van der Waals surface area (Å²) >= 11 is 0. The molecule has 0 atom stereocenters. The summed E-state index contributed by atoms with van der Waals surface area (Å²) in [5.41, 5.74) is 0. The number of hydrogen-bond acceptors (Lipinski definition) is 1. The molecule has 0 fully saturated rings. The van der Waals surface area contributed by atoms with Gasteiger partial charge in [0, 0.05) is 18.6 Å². The van der Waals surface area contributed by atoms with Gasteiger partial charge >= 0.3 is 0 Å². The molecule has 0 unspecified atom stereocenters. The maximum atomic E-state index is 2.33. The molecule has 0 radical (unpaired) electrons. The third-order valence-electron chi connectivity index (χ3n) is 4.52. The summed E-state index contributed by atoms with van der Waals surface area (Å²) in [6, 6.07) is 0. The summed E-state index contributed by atoms with van der Waals surface area (Å²) < 4.78 is 0. The van der Waals surface area contributed by atoms with E-state index >= 15 is 0 Å². The Balaban J connectivity index is 3.83. The second-order valence-corrected chi connectivity index (χ2v) is 7.12. The molecule has 0 heterocycles. The fourth-order valence-corrected chi connectivity index (χ4v) is 2.85. The second-order valence-electron chi connectivity index (χ2n) is 7.12. The van der Waals surface area contributed by atoms with E-state index in [1.165, 1.54) is 89.9 Å². The fraction of sp³-hybridized carbons (Fsp3) is 0.750. The number of rotatable bonds is 18. The van der Waals surface area contributed by atoms with Gasteiger partial charge in [-0.15, -0.1) is 0 Å². The van der Waals surface area contributed by atoms with Crippen molar-refractivity contribution in [1.82, 2.24) is 4.90 Å². The van der Waals surface area contributed by atoms with Crippen LogP contribution in [0, 0.1) is 0 Å². The maximum Gasteiger partial charge on any atom is 0.00417 e. The molecule has 0 rings (SSSR count). The van der Waals surface area contributed by atoms with Gasteiger partial charge in [-0.3, -0.25) is 0 Å². The van der Waals surface area contributed by atoms with E-state index in [1.54, 1.807) is 0 Å². The van der Waals surface area contributed by atoms with Crippen molar-refractivity contribution >= 4 is 0 Å². The number of allylic oxidation sites excluding steroid dienone is 3. The number of nitrogens with zero attached hydrogens (tertiary/aromatic N) is 1. The van der Waals surface area contributed by atoms with Gasteiger partial charge in [0.25, 0.3) is 0 Å². The van der Waals surface area contributed by atoms with Gasteiger partial charge in [0.2, 0.25) is 0 Å². The molecule has 0 aromatic carbocycles. The van der Waals surface area contributed by atoms with Crippen LogP contribution < -0.4 is 0 Å². The zero-order valence-electron chi connectivity index (χ0n) is 17.5. The van der Waals surface area contributed by atoms with E-state index in [2.05, 4.69) is 62.5 Å². The minimum Gasteiger partial charge on any atom is -0.332 e. The summed E-state index contributed by atoms with van der Waals surface area (Å²) in [6.45, 7) is 6.74. The van der Waals surface area contributed by atoms with Crippen LogP contribution in [0.1, 0.15) is 117 Å². The monoisotopic (exact) mass is 347 g/mol. The van der Waals surface area contributed by atoms with Crippen molar-refractivity contribution in [2.75, 3.05) is 0 Å². The van der Waals surface area contributed by atoms with Crippen LogP contribution in [0.4, 0.5) is 0 Å². The van der Waals surface area contributed by atoms with Crippen molar-refractivity contribution < 1.29 is 0 Å². The first kappa shape index (κ1) is 24.0. The minimum absolute atomic E-state index is 1.09. The molecule has 0 aliphatic carbocycles. The van der Waals surface area contributed by atoms with Crippen LogP contribution in [0.5, 0.6) is 0 Å². The molecular formula is C24H45N. The zero-order chi connectivity index (χ0) is 18.4. The summed E-state index contributed by atoms with van der Waals surface area (Å²) in [5.74, 6) is 0. The molecule has 0 amide bonds. The van der Waals surface area contributed by atoms with E-state index < -0.39 is 0 Å². The molecule has 0 saturated carbocycles. The number of hydrogen-bond donors (Lipinski definition) is 0. The summed E-state index contributed by atoms with van der Waals surface area (Å²) in [5, 5.41) is 0. The van der Waals surface area contributed by atoms with Crippen LogP contribution in [0.25, 0.3) is 0 Å². The quantitative estimate of drug-likeness (QED) is 0.224. The first-order valence-corrected chi connectivity index (χ1v) is 11.1. The van der Waals surface area contributed by atoms with E-state index in [0.717, 1.165) is 6.42 Å². The van der Waals surface area contributed by atoms with Crippen molar-refractivity contribution in [1.29, 1.82) is 0 Å². The van der Waals surface area contributed by atoms with Gasteiger partial charge in [0.05, 0.1) is 0 Å². The van der Waals surface area contributed by atoms with Crippen LogP contribution in [-0.2, 0) is 0 Å². The molecule has 1 nitrogen and oxygen atoms in total. The van der Waals surface area contributed by atoms with Crippen LogP contribution in [0.2, 0.25) is 0 Å². The molecular weight excluding hydrogens is 302 g/mol.